The molecule has 0 unspecified atom stereocenters. The third kappa shape index (κ3) is 1.96. The summed E-state index contributed by atoms with van der Waals surface area (Å²) in [6, 6.07) is 9.74. The van der Waals surface area contributed by atoms with E-state index in [0.717, 1.165) is 29.1 Å². The maximum absolute atomic E-state index is 11.2. The van der Waals surface area contributed by atoms with Gasteiger partial charge in [-0.1, -0.05) is 30.3 Å². The molecule has 0 radical (unpaired) electrons. The maximum atomic E-state index is 11.2. The number of aromatic nitrogens is 1. The molecule has 1 aliphatic rings. The molecular weight excluding hydrogens is 234 g/mol. The van der Waals surface area contributed by atoms with Crippen molar-refractivity contribution in [2.45, 2.75) is 18.8 Å². The van der Waals surface area contributed by atoms with Gasteiger partial charge in [0.25, 0.3) is 0 Å². The van der Waals surface area contributed by atoms with Crippen molar-refractivity contribution in [3.63, 3.8) is 0 Å². The molecule has 1 aromatic heterocycles. The summed E-state index contributed by atoms with van der Waals surface area (Å²) in [4.78, 5) is 16.1. The summed E-state index contributed by atoms with van der Waals surface area (Å²) in [5.74, 6) is -0.485. The lowest BCUT2D eigenvalue weighted by Gasteiger charge is -1.93. The van der Waals surface area contributed by atoms with Crippen molar-refractivity contribution in [3.8, 4) is 10.6 Å². The average molecular weight is 245 g/mol. The molecule has 4 heteroatoms. The summed E-state index contributed by atoms with van der Waals surface area (Å²) in [5, 5.41) is 9.98. The van der Waals surface area contributed by atoms with Gasteiger partial charge in [-0.05, 0) is 12.8 Å². The topological polar surface area (TPSA) is 50.2 Å². The molecule has 1 aromatic carbocycles. The van der Waals surface area contributed by atoms with Crippen LogP contribution in [0.2, 0.25) is 0 Å². The van der Waals surface area contributed by atoms with E-state index in [-0.39, 0.29) is 0 Å². The van der Waals surface area contributed by atoms with Gasteiger partial charge in [-0.25, -0.2) is 9.78 Å². The lowest BCUT2D eigenvalue weighted by Crippen LogP contribution is -1.97. The van der Waals surface area contributed by atoms with Crippen LogP contribution in [0.25, 0.3) is 10.6 Å². The number of carbonyl (C=O) groups is 1. The number of nitrogens with zero attached hydrogens (tertiary/aromatic N) is 1. The van der Waals surface area contributed by atoms with E-state index in [1.165, 1.54) is 11.3 Å². The summed E-state index contributed by atoms with van der Waals surface area (Å²) >= 11 is 1.28. The van der Waals surface area contributed by atoms with E-state index in [9.17, 15) is 9.90 Å². The summed E-state index contributed by atoms with van der Waals surface area (Å²) < 4.78 is 0. The molecule has 0 atom stereocenters. The average Bonchev–Trinajstić information content (AvgIpc) is 3.09. The van der Waals surface area contributed by atoms with Crippen LogP contribution in [0.3, 0.4) is 0 Å². The Morgan fingerprint density at radius 1 is 1.29 bits per heavy atom. The van der Waals surface area contributed by atoms with Crippen LogP contribution in [-0.4, -0.2) is 16.1 Å². The lowest BCUT2D eigenvalue weighted by atomic mass is 10.2. The first-order valence-corrected chi connectivity index (χ1v) is 6.37. The number of hydrogen-bond donors (Lipinski definition) is 1. The highest BCUT2D eigenvalue weighted by atomic mass is 32.1. The Labute approximate surface area is 103 Å². The highest BCUT2D eigenvalue weighted by Gasteiger charge is 2.32. The molecule has 1 fully saturated rings. The summed E-state index contributed by atoms with van der Waals surface area (Å²) in [6.07, 6.45) is 2.14. The minimum Gasteiger partial charge on any atom is -0.477 e. The molecule has 3 nitrogen and oxygen atoms in total. The predicted molar refractivity (Wildman–Crippen MR) is 66.5 cm³/mol. The number of hydrogen-bond acceptors (Lipinski definition) is 3. The quantitative estimate of drug-likeness (QED) is 0.901. The third-order valence-electron chi connectivity index (χ3n) is 2.83. The lowest BCUT2D eigenvalue weighted by molar-refractivity contribution is 0.0700. The molecule has 1 heterocycles. The number of rotatable bonds is 3. The molecule has 1 N–H and O–H groups in total. The summed E-state index contributed by atoms with van der Waals surface area (Å²) in [7, 11) is 0. The fourth-order valence-electron chi connectivity index (χ4n) is 1.82. The van der Waals surface area contributed by atoms with Gasteiger partial charge in [0.2, 0.25) is 0 Å². The van der Waals surface area contributed by atoms with E-state index in [2.05, 4.69) is 4.98 Å². The van der Waals surface area contributed by atoms with Crippen LogP contribution in [-0.2, 0) is 0 Å². The van der Waals surface area contributed by atoms with Crippen molar-refractivity contribution in [1.82, 2.24) is 4.98 Å². The van der Waals surface area contributed by atoms with Crippen molar-refractivity contribution in [1.29, 1.82) is 0 Å². The smallest absolute Gasteiger partial charge is 0.347 e. The third-order valence-corrected chi connectivity index (χ3v) is 3.94. The Hall–Kier alpha value is -1.68. The molecule has 3 rings (SSSR count). The van der Waals surface area contributed by atoms with Crippen molar-refractivity contribution in [2.24, 2.45) is 0 Å². The Kier molecular flexibility index (Phi) is 2.44. The minimum absolute atomic E-state index is 0.370. The van der Waals surface area contributed by atoms with Gasteiger partial charge < -0.3 is 5.11 Å². The second-order valence-electron chi connectivity index (χ2n) is 4.18. The van der Waals surface area contributed by atoms with Gasteiger partial charge in [-0.15, -0.1) is 11.3 Å². The molecule has 1 saturated carbocycles. The highest BCUT2D eigenvalue weighted by molar-refractivity contribution is 7.17. The van der Waals surface area contributed by atoms with E-state index in [4.69, 9.17) is 0 Å². The molecule has 0 aliphatic heterocycles. The van der Waals surface area contributed by atoms with Crippen LogP contribution in [0.15, 0.2) is 30.3 Å². The van der Waals surface area contributed by atoms with Gasteiger partial charge in [0.15, 0.2) is 0 Å². The Morgan fingerprint density at radius 2 is 2.00 bits per heavy atom. The largest absolute Gasteiger partial charge is 0.477 e. The second kappa shape index (κ2) is 3.96. The standard InChI is InChI=1S/C13H11NO2S/c15-13(16)11-10(8-6-7-8)14-12(17-11)9-4-2-1-3-5-9/h1-5,8H,6-7H2,(H,15,16). The summed E-state index contributed by atoms with van der Waals surface area (Å²) in [6.45, 7) is 0. The second-order valence-corrected chi connectivity index (χ2v) is 5.18. The highest BCUT2D eigenvalue weighted by Crippen LogP contribution is 2.44. The molecule has 86 valence electrons. The molecule has 0 spiro atoms. The normalized spacial score (nSPS) is 14.8. The molecule has 0 amide bonds. The van der Waals surface area contributed by atoms with Gasteiger partial charge in [0, 0.05) is 11.5 Å². The van der Waals surface area contributed by atoms with Crippen molar-refractivity contribution in [2.75, 3.05) is 0 Å². The van der Waals surface area contributed by atoms with Crippen LogP contribution < -0.4 is 0 Å². The van der Waals surface area contributed by atoms with Crippen molar-refractivity contribution >= 4 is 17.3 Å². The first kappa shape index (κ1) is 10.5. The number of carboxylic acid groups (broad SMARTS) is 1. The maximum Gasteiger partial charge on any atom is 0.347 e. The van der Waals surface area contributed by atoms with Gasteiger partial charge in [-0.3, -0.25) is 0 Å². The van der Waals surface area contributed by atoms with E-state index in [0.29, 0.717) is 10.8 Å². The number of aromatic carboxylic acids is 1. The number of thiazole rings is 1. The van der Waals surface area contributed by atoms with Crippen LogP contribution in [0.4, 0.5) is 0 Å². The van der Waals surface area contributed by atoms with Gasteiger partial charge >= 0.3 is 5.97 Å². The monoisotopic (exact) mass is 245 g/mol. The first-order valence-electron chi connectivity index (χ1n) is 5.55. The van der Waals surface area contributed by atoms with Crippen LogP contribution in [0.1, 0.15) is 34.1 Å². The van der Waals surface area contributed by atoms with Gasteiger partial charge in [-0.2, -0.15) is 0 Å². The molecule has 17 heavy (non-hydrogen) atoms. The molecular formula is C13H11NO2S. The fourth-order valence-corrected chi connectivity index (χ4v) is 2.82. The zero-order valence-corrected chi connectivity index (χ0v) is 9.91. The van der Waals surface area contributed by atoms with Crippen LogP contribution >= 0.6 is 11.3 Å². The molecule has 1 aliphatic carbocycles. The SMILES string of the molecule is O=C(O)c1sc(-c2ccccc2)nc1C1CC1. The molecule has 0 bridgehead atoms. The van der Waals surface area contributed by atoms with E-state index < -0.39 is 5.97 Å². The Balaban J connectivity index is 2.07. The van der Waals surface area contributed by atoms with E-state index in [1.807, 2.05) is 30.3 Å². The van der Waals surface area contributed by atoms with Gasteiger partial charge in [0.1, 0.15) is 9.88 Å². The Bertz CT molecular complexity index is 558. The number of benzene rings is 1. The molecule has 0 saturated heterocycles. The summed E-state index contributed by atoms with van der Waals surface area (Å²) in [5.41, 5.74) is 1.77. The van der Waals surface area contributed by atoms with E-state index in [1.54, 1.807) is 0 Å². The first-order chi connectivity index (χ1) is 8.25. The fraction of sp³-hybridized carbons (Fsp3) is 0.231. The zero-order valence-electron chi connectivity index (χ0n) is 9.09. The zero-order chi connectivity index (χ0) is 11.8. The molecule has 2 aromatic rings. The Morgan fingerprint density at radius 3 is 2.59 bits per heavy atom. The van der Waals surface area contributed by atoms with Crippen molar-refractivity contribution < 1.29 is 9.90 Å². The van der Waals surface area contributed by atoms with Crippen molar-refractivity contribution in [3.05, 3.63) is 40.9 Å². The minimum atomic E-state index is -0.855. The number of carboxylic acids is 1. The van der Waals surface area contributed by atoms with Crippen LogP contribution in [0.5, 0.6) is 0 Å². The predicted octanol–water partition coefficient (Wildman–Crippen LogP) is 3.39. The van der Waals surface area contributed by atoms with E-state index >= 15 is 0 Å². The van der Waals surface area contributed by atoms with Gasteiger partial charge in [0.05, 0.1) is 5.69 Å². The van der Waals surface area contributed by atoms with Crippen LogP contribution in [0, 0.1) is 0 Å².